The molecule has 21 heavy (non-hydrogen) atoms. The Labute approximate surface area is 128 Å². The lowest BCUT2D eigenvalue weighted by Gasteiger charge is -2.02. The molecule has 0 aliphatic carbocycles. The highest BCUT2D eigenvalue weighted by atomic mass is 32.1. The van der Waals surface area contributed by atoms with Crippen LogP contribution in [0, 0.1) is 0 Å². The van der Waals surface area contributed by atoms with E-state index in [-0.39, 0.29) is 12.3 Å². The molecule has 5 nitrogen and oxygen atoms in total. The number of rotatable bonds is 5. The van der Waals surface area contributed by atoms with Gasteiger partial charge in [0.2, 0.25) is 5.82 Å². The topological polar surface area (TPSA) is 79.0 Å². The largest absolute Gasteiger partial charge is 0.550 e. The molecule has 0 aliphatic rings. The van der Waals surface area contributed by atoms with Crippen LogP contribution in [-0.2, 0) is 4.79 Å². The van der Waals surface area contributed by atoms with Gasteiger partial charge in [-0.3, -0.25) is 0 Å². The molecule has 0 bridgehead atoms. The van der Waals surface area contributed by atoms with Crippen LogP contribution in [0.4, 0.5) is 0 Å². The van der Waals surface area contributed by atoms with Crippen LogP contribution in [0.25, 0.3) is 23.0 Å². The fourth-order valence-electron chi connectivity index (χ4n) is 1.75. The summed E-state index contributed by atoms with van der Waals surface area (Å²) >= 11 is 3.03. The van der Waals surface area contributed by atoms with Gasteiger partial charge in [-0.05, 0) is 29.0 Å². The Hall–Kier alpha value is -2.25. The van der Waals surface area contributed by atoms with Crippen LogP contribution in [0.15, 0.2) is 38.9 Å². The van der Waals surface area contributed by atoms with Crippen molar-refractivity contribution in [3.05, 3.63) is 45.1 Å². The lowest BCUT2D eigenvalue weighted by molar-refractivity contribution is -0.304. The Balaban J connectivity index is 1.95. The first-order valence-corrected chi connectivity index (χ1v) is 7.85. The molecule has 7 heteroatoms. The van der Waals surface area contributed by atoms with Crippen LogP contribution >= 0.6 is 22.7 Å². The standard InChI is InChI=1S/C14H10N2O3S2/c17-12(18)7-10(6-11-2-1-4-21-11)14-15-13(16-19-14)9-3-5-20-8-9/h1-6,8H,7H2,(H,17,18)/p-1. The summed E-state index contributed by atoms with van der Waals surface area (Å²) in [6.45, 7) is 0. The minimum Gasteiger partial charge on any atom is -0.550 e. The molecule has 3 aromatic rings. The van der Waals surface area contributed by atoms with Crippen LogP contribution in [0.2, 0.25) is 0 Å². The maximum atomic E-state index is 10.9. The molecule has 0 aromatic carbocycles. The predicted octanol–water partition coefficient (Wildman–Crippen LogP) is 2.54. The van der Waals surface area contributed by atoms with Crippen molar-refractivity contribution in [2.75, 3.05) is 0 Å². The van der Waals surface area contributed by atoms with Gasteiger partial charge in [0, 0.05) is 33.8 Å². The fraction of sp³-hybridized carbons (Fsp3) is 0.0714. The SMILES string of the molecule is O=C([O-])CC(=Cc1cccs1)c1nc(-c2ccsc2)no1. The number of aromatic nitrogens is 2. The van der Waals surface area contributed by atoms with E-state index in [1.54, 1.807) is 6.08 Å². The Bertz CT molecular complexity index is 758. The predicted molar refractivity (Wildman–Crippen MR) is 79.4 cm³/mol. The van der Waals surface area contributed by atoms with Crippen LogP contribution in [-0.4, -0.2) is 16.1 Å². The van der Waals surface area contributed by atoms with Crippen LogP contribution in [0.3, 0.4) is 0 Å². The van der Waals surface area contributed by atoms with Gasteiger partial charge >= 0.3 is 0 Å². The molecule has 0 unspecified atom stereocenters. The van der Waals surface area contributed by atoms with Crippen molar-refractivity contribution < 1.29 is 14.4 Å². The number of thiophene rings is 2. The molecule has 3 aromatic heterocycles. The van der Waals surface area contributed by atoms with Crippen molar-refractivity contribution in [1.82, 2.24) is 10.1 Å². The third kappa shape index (κ3) is 3.26. The fourth-order valence-corrected chi connectivity index (χ4v) is 3.07. The third-order valence-corrected chi connectivity index (χ3v) is 4.18. The first-order valence-electron chi connectivity index (χ1n) is 6.03. The highest BCUT2D eigenvalue weighted by molar-refractivity contribution is 7.10. The summed E-state index contributed by atoms with van der Waals surface area (Å²) in [5.41, 5.74) is 1.28. The van der Waals surface area contributed by atoms with Gasteiger partial charge in [-0.1, -0.05) is 11.2 Å². The molecule has 3 rings (SSSR count). The van der Waals surface area contributed by atoms with E-state index in [0.717, 1.165) is 10.4 Å². The van der Waals surface area contributed by atoms with E-state index in [2.05, 4.69) is 10.1 Å². The minimum atomic E-state index is -1.19. The van der Waals surface area contributed by atoms with Crippen molar-refractivity contribution in [3.8, 4) is 11.4 Å². The number of aliphatic carboxylic acids is 1. The maximum Gasteiger partial charge on any atom is 0.254 e. The zero-order valence-corrected chi connectivity index (χ0v) is 12.3. The minimum absolute atomic E-state index is 0.203. The van der Waals surface area contributed by atoms with E-state index in [0.29, 0.717) is 11.4 Å². The first-order chi connectivity index (χ1) is 10.2. The highest BCUT2D eigenvalue weighted by Crippen LogP contribution is 2.25. The van der Waals surface area contributed by atoms with Crippen molar-refractivity contribution >= 4 is 40.3 Å². The van der Waals surface area contributed by atoms with Gasteiger partial charge < -0.3 is 14.4 Å². The van der Waals surface area contributed by atoms with Gasteiger partial charge in [0.15, 0.2) is 0 Å². The van der Waals surface area contributed by atoms with E-state index >= 15 is 0 Å². The lowest BCUT2D eigenvalue weighted by Crippen LogP contribution is -2.22. The Morgan fingerprint density at radius 2 is 2.29 bits per heavy atom. The molecule has 106 valence electrons. The summed E-state index contributed by atoms with van der Waals surface area (Å²) in [6, 6.07) is 5.65. The van der Waals surface area contributed by atoms with Gasteiger partial charge in [-0.15, -0.1) is 11.3 Å². The number of carboxylic acids is 1. The zero-order chi connectivity index (χ0) is 14.7. The summed E-state index contributed by atoms with van der Waals surface area (Å²) in [5, 5.41) is 20.5. The van der Waals surface area contributed by atoms with Crippen molar-refractivity contribution in [2.45, 2.75) is 6.42 Å². The van der Waals surface area contributed by atoms with Gasteiger partial charge in [-0.2, -0.15) is 16.3 Å². The molecule has 0 atom stereocenters. The average Bonchev–Trinajstić information content (AvgIpc) is 3.19. The van der Waals surface area contributed by atoms with E-state index < -0.39 is 5.97 Å². The van der Waals surface area contributed by atoms with E-state index in [1.807, 2.05) is 34.3 Å². The molecular formula is C14H9N2O3S2-. The third-order valence-electron chi connectivity index (χ3n) is 2.67. The van der Waals surface area contributed by atoms with Crippen LogP contribution < -0.4 is 5.11 Å². The second-order valence-corrected chi connectivity index (χ2v) is 5.93. The smallest absolute Gasteiger partial charge is 0.254 e. The molecule has 0 fully saturated rings. The Morgan fingerprint density at radius 1 is 1.38 bits per heavy atom. The molecule has 0 N–H and O–H groups in total. The highest BCUT2D eigenvalue weighted by Gasteiger charge is 2.14. The quantitative estimate of drug-likeness (QED) is 0.722. The molecule has 0 spiro atoms. The number of carbonyl (C=O) groups is 1. The molecule has 3 heterocycles. The van der Waals surface area contributed by atoms with Crippen LogP contribution in [0.5, 0.6) is 0 Å². The average molecular weight is 317 g/mol. The monoisotopic (exact) mass is 317 g/mol. The summed E-state index contributed by atoms with van der Waals surface area (Å²) in [6.07, 6.45) is 1.45. The molecule has 0 saturated heterocycles. The number of carboxylic acid groups (broad SMARTS) is 1. The molecular weight excluding hydrogens is 308 g/mol. The van der Waals surface area contributed by atoms with Crippen molar-refractivity contribution in [3.63, 3.8) is 0 Å². The molecule has 0 aliphatic heterocycles. The zero-order valence-electron chi connectivity index (χ0n) is 10.7. The second kappa shape index (κ2) is 6.02. The van der Waals surface area contributed by atoms with E-state index in [4.69, 9.17) is 4.52 Å². The lowest BCUT2D eigenvalue weighted by atomic mass is 10.1. The van der Waals surface area contributed by atoms with Crippen LogP contribution in [0.1, 0.15) is 17.2 Å². The Morgan fingerprint density at radius 3 is 2.95 bits per heavy atom. The van der Waals surface area contributed by atoms with Gasteiger partial charge in [0.1, 0.15) is 0 Å². The maximum absolute atomic E-state index is 10.9. The Kier molecular flexibility index (Phi) is 3.94. The number of hydrogen-bond acceptors (Lipinski definition) is 7. The summed E-state index contributed by atoms with van der Waals surface area (Å²) in [7, 11) is 0. The number of carbonyl (C=O) groups excluding carboxylic acids is 1. The van der Waals surface area contributed by atoms with Crippen molar-refractivity contribution in [2.24, 2.45) is 0 Å². The van der Waals surface area contributed by atoms with Gasteiger partial charge in [0.25, 0.3) is 5.89 Å². The van der Waals surface area contributed by atoms with E-state index in [1.165, 1.54) is 22.7 Å². The second-order valence-electron chi connectivity index (χ2n) is 4.17. The summed E-state index contributed by atoms with van der Waals surface area (Å²) in [5.74, 6) is -0.538. The molecule has 0 saturated carbocycles. The molecule has 0 radical (unpaired) electrons. The first kappa shape index (κ1) is 13.7. The number of hydrogen-bond donors (Lipinski definition) is 0. The van der Waals surface area contributed by atoms with Crippen molar-refractivity contribution in [1.29, 1.82) is 0 Å². The number of nitrogens with zero attached hydrogens (tertiary/aromatic N) is 2. The normalized spacial score (nSPS) is 11.7. The van der Waals surface area contributed by atoms with Gasteiger partial charge in [0.05, 0.1) is 0 Å². The summed E-state index contributed by atoms with van der Waals surface area (Å²) in [4.78, 5) is 16.1. The van der Waals surface area contributed by atoms with E-state index in [9.17, 15) is 9.90 Å². The van der Waals surface area contributed by atoms with Gasteiger partial charge in [-0.25, -0.2) is 0 Å². The summed E-state index contributed by atoms with van der Waals surface area (Å²) < 4.78 is 5.19. The molecule has 0 amide bonds.